The molecule has 0 unspecified atom stereocenters. The lowest BCUT2D eigenvalue weighted by atomic mass is 10.3. The Morgan fingerprint density at radius 2 is 2.41 bits per heavy atom. The summed E-state index contributed by atoms with van der Waals surface area (Å²) in [7, 11) is 0. The molecule has 6 heteroatoms. The zero-order valence-corrected chi connectivity index (χ0v) is 10.6. The Labute approximate surface area is 103 Å². The van der Waals surface area contributed by atoms with Crippen LogP contribution in [0, 0.1) is 6.92 Å². The molecule has 0 radical (unpaired) electrons. The third kappa shape index (κ3) is 2.76. The fraction of sp³-hybridized carbons (Fsp3) is 0.636. The van der Waals surface area contributed by atoms with Gasteiger partial charge in [-0.25, -0.2) is 0 Å². The normalized spacial score (nSPS) is 19.9. The third-order valence-electron chi connectivity index (χ3n) is 3.04. The highest BCUT2D eigenvalue weighted by Gasteiger charge is 2.24. The molecule has 1 saturated heterocycles. The summed E-state index contributed by atoms with van der Waals surface area (Å²) in [6.07, 6.45) is 0.595. The first-order valence-corrected chi connectivity index (χ1v) is 6.56. The van der Waals surface area contributed by atoms with Crippen LogP contribution in [0.25, 0.3) is 0 Å². The van der Waals surface area contributed by atoms with E-state index >= 15 is 0 Å². The number of hydrogen-bond acceptors (Lipinski definition) is 4. The number of aromatic nitrogens is 1. The lowest BCUT2D eigenvalue weighted by molar-refractivity contribution is -0.130. The Kier molecular flexibility index (Phi) is 3.63. The minimum Gasteiger partial charge on any atom is -0.391 e. The molecule has 94 valence electrons. The predicted octanol–water partition coefficient (Wildman–Crippen LogP) is 0.202. The molecule has 1 amide bonds. The molecule has 1 aliphatic heterocycles. The van der Waals surface area contributed by atoms with Crippen LogP contribution in [-0.4, -0.2) is 39.7 Å². The van der Waals surface area contributed by atoms with Gasteiger partial charge in [0.25, 0.3) is 0 Å². The van der Waals surface area contributed by atoms with E-state index in [2.05, 4.69) is 0 Å². The molecule has 1 aromatic rings. The number of aliphatic hydroxyl groups is 1. The summed E-state index contributed by atoms with van der Waals surface area (Å²) >= 11 is 1.16. The first-order chi connectivity index (χ1) is 8.08. The van der Waals surface area contributed by atoms with Crippen molar-refractivity contribution in [3.63, 3.8) is 0 Å². The first kappa shape index (κ1) is 12.3. The summed E-state index contributed by atoms with van der Waals surface area (Å²) < 4.78 is 1.62. The average molecular weight is 256 g/mol. The maximum Gasteiger partial charge on any atom is 0.307 e. The summed E-state index contributed by atoms with van der Waals surface area (Å²) in [6.45, 7) is 3.34. The Bertz CT molecular complexity index is 466. The van der Waals surface area contributed by atoms with Crippen LogP contribution in [0.15, 0.2) is 10.2 Å². The van der Waals surface area contributed by atoms with Gasteiger partial charge in [-0.15, -0.1) is 0 Å². The van der Waals surface area contributed by atoms with Gasteiger partial charge in [0.05, 0.1) is 6.10 Å². The third-order valence-corrected chi connectivity index (χ3v) is 3.92. The summed E-state index contributed by atoms with van der Waals surface area (Å²) in [6, 6.07) is 0. The number of carbonyl (C=O) groups is 1. The van der Waals surface area contributed by atoms with Crippen molar-refractivity contribution in [2.45, 2.75) is 32.4 Å². The van der Waals surface area contributed by atoms with E-state index in [1.54, 1.807) is 14.8 Å². The number of likely N-dealkylation sites (tertiary alicyclic amines) is 1. The maximum atomic E-state index is 11.8. The molecule has 0 bridgehead atoms. The second kappa shape index (κ2) is 5.01. The lowest BCUT2D eigenvalue weighted by Crippen LogP contribution is -2.31. The highest BCUT2D eigenvalue weighted by Crippen LogP contribution is 2.10. The van der Waals surface area contributed by atoms with Gasteiger partial charge in [0, 0.05) is 37.1 Å². The van der Waals surface area contributed by atoms with Crippen LogP contribution in [0.5, 0.6) is 0 Å². The molecule has 2 heterocycles. The van der Waals surface area contributed by atoms with Crippen molar-refractivity contribution < 1.29 is 9.90 Å². The second-order valence-electron chi connectivity index (χ2n) is 4.33. The predicted molar refractivity (Wildman–Crippen MR) is 65.1 cm³/mol. The monoisotopic (exact) mass is 256 g/mol. The van der Waals surface area contributed by atoms with E-state index in [9.17, 15) is 14.7 Å². The Hall–Kier alpha value is -1.14. The molecule has 1 aromatic heterocycles. The molecular formula is C11H16N2O3S. The van der Waals surface area contributed by atoms with Crippen molar-refractivity contribution in [3.8, 4) is 0 Å². The van der Waals surface area contributed by atoms with Crippen LogP contribution >= 0.6 is 11.3 Å². The van der Waals surface area contributed by atoms with Crippen LogP contribution in [0.1, 0.15) is 18.5 Å². The summed E-state index contributed by atoms with van der Waals surface area (Å²) in [5, 5.41) is 11.1. The summed E-state index contributed by atoms with van der Waals surface area (Å²) in [5.74, 6) is 0.0130. The van der Waals surface area contributed by atoms with Gasteiger partial charge in [0.2, 0.25) is 5.91 Å². The van der Waals surface area contributed by atoms with E-state index in [0.29, 0.717) is 32.5 Å². The van der Waals surface area contributed by atoms with E-state index in [0.717, 1.165) is 17.0 Å². The zero-order chi connectivity index (χ0) is 12.4. The van der Waals surface area contributed by atoms with Crippen LogP contribution in [0.3, 0.4) is 0 Å². The van der Waals surface area contributed by atoms with E-state index in [1.807, 2.05) is 6.92 Å². The Balaban J connectivity index is 1.90. The van der Waals surface area contributed by atoms with Crippen molar-refractivity contribution in [1.29, 1.82) is 0 Å². The minimum absolute atomic E-state index is 0.0130. The lowest BCUT2D eigenvalue weighted by Gasteiger charge is -2.15. The van der Waals surface area contributed by atoms with Crippen molar-refractivity contribution in [2.24, 2.45) is 0 Å². The van der Waals surface area contributed by atoms with Crippen molar-refractivity contribution in [1.82, 2.24) is 9.47 Å². The number of aliphatic hydroxyl groups excluding tert-OH is 1. The molecule has 1 atom stereocenters. The molecule has 2 rings (SSSR count). The van der Waals surface area contributed by atoms with Crippen LogP contribution in [0.4, 0.5) is 0 Å². The van der Waals surface area contributed by atoms with Gasteiger partial charge in [-0.05, 0) is 13.3 Å². The largest absolute Gasteiger partial charge is 0.391 e. The fourth-order valence-electron chi connectivity index (χ4n) is 2.01. The molecule has 1 fully saturated rings. The van der Waals surface area contributed by atoms with Gasteiger partial charge >= 0.3 is 4.87 Å². The zero-order valence-electron chi connectivity index (χ0n) is 9.76. The number of aryl methyl sites for hydroxylation is 1. The van der Waals surface area contributed by atoms with Crippen molar-refractivity contribution in [2.75, 3.05) is 13.1 Å². The van der Waals surface area contributed by atoms with Crippen LogP contribution in [-0.2, 0) is 11.3 Å². The van der Waals surface area contributed by atoms with Crippen LogP contribution < -0.4 is 4.87 Å². The smallest absolute Gasteiger partial charge is 0.307 e. The molecule has 0 aliphatic carbocycles. The number of β-amino-alcohol motifs (C(OH)–C–C–N with tert-alkyl or cyclic N) is 1. The average Bonchev–Trinajstić information content (AvgIpc) is 2.84. The summed E-state index contributed by atoms with van der Waals surface area (Å²) in [4.78, 5) is 24.9. The van der Waals surface area contributed by atoms with E-state index in [1.165, 1.54) is 0 Å². The maximum absolute atomic E-state index is 11.8. The van der Waals surface area contributed by atoms with E-state index in [4.69, 9.17) is 0 Å². The molecule has 5 nitrogen and oxygen atoms in total. The van der Waals surface area contributed by atoms with Gasteiger partial charge in [-0.1, -0.05) is 11.3 Å². The molecule has 1 aliphatic rings. The van der Waals surface area contributed by atoms with Crippen molar-refractivity contribution in [3.05, 3.63) is 20.7 Å². The number of carbonyl (C=O) groups excluding carboxylic acids is 1. The van der Waals surface area contributed by atoms with Gasteiger partial charge in [-0.2, -0.15) is 0 Å². The second-order valence-corrected chi connectivity index (χ2v) is 5.15. The summed E-state index contributed by atoms with van der Waals surface area (Å²) in [5.41, 5.74) is 0.897. The quantitative estimate of drug-likeness (QED) is 0.840. The Morgan fingerprint density at radius 3 is 2.94 bits per heavy atom. The van der Waals surface area contributed by atoms with E-state index in [-0.39, 0.29) is 16.9 Å². The fourth-order valence-corrected chi connectivity index (χ4v) is 2.77. The Morgan fingerprint density at radius 1 is 1.65 bits per heavy atom. The standard InChI is InChI=1S/C11H16N2O3S/c1-8-7-17-11(16)13(8)5-3-10(15)12-4-2-9(14)6-12/h7,9,14H,2-6H2,1H3/t9-/m1/s1. The van der Waals surface area contributed by atoms with Crippen LogP contribution in [0.2, 0.25) is 0 Å². The topological polar surface area (TPSA) is 62.5 Å². The highest BCUT2D eigenvalue weighted by molar-refractivity contribution is 7.07. The number of nitrogens with zero attached hydrogens (tertiary/aromatic N) is 2. The molecular weight excluding hydrogens is 240 g/mol. The first-order valence-electron chi connectivity index (χ1n) is 5.68. The molecule has 0 aromatic carbocycles. The number of rotatable bonds is 3. The van der Waals surface area contributed by atoms with Gasteiger partial charge < -0.3 is 14.6 Å². The van der Waals surface area contributed by atoms with Gasteiger partial charge in [-0.3, -0.25) is 9.59 Å². The van der Waals surface area contributed by atoms with Gasteiger partial charge in [0.1, 0.15) is 0 Å². The number of thiazole rings is 1. The minimum atomic E-state index is -0.385. The molecule has 1 N–H and O–H groups in total. The number of amides is 1. The highest BCUT2D eigenvalue weighted by atomic mass is 32.1. The number of hydrogen-bond donors (Lipinski definition) is 1. The molecule has 0 saturated carbocycles. The van der Waals surface area contributed by atoms with Crippen molar-refractivity contribution >= 4 is 17.2 Å². The van der Waals surface area contributed by atoms with E-state index < -0.39 is 0 Å². The molecule has 0 spiro atoms. The SMILES string of the molecule is Cc1csc(=O)n1CCC(=O)N1CC[C@@H](O)C1. The molecule has 17 heavy (non-hydrogen) atoms. The van der Waals surface area contributed by atoms with Gasteiger partial charge in [0.15, 0.2) is 0 Å².